The van der Waals surface area contributed by atoms with Crippen LogP contribution >= 0.6 is 0 Å². The number of hydrogen-bond donors (Lipinski definition) is 1. The number of alkyl halides is 3. The number of carbonyl (C=O) groups excluding carboxylic acids is 2. The second kappa shape index (κ2) is 7.68. The quantitative estimate of drug-likeness (QED) is 0.869. The highest BCUT2D eigenvalue weighted by Crippen LogP contribution is 2.32. The summed E-state index contributed by atoms with van der Waals surface area (Å²) in [4.78, 5) is 26.1. The van der Waals surface area contributed by atoms with Crippen molar-refractivity contribution >= 4 is 11.8 Å². The Morgan fingerprint density at radius 1 is 1.00 bits per heavy atom. The maximum absolute atomic E-state index is 12.5. The topological polar surface area (TPSA) is 49.4 Å². The molecule has 7 heteroatoms. The van der Waals surface area contributed by atoms with Gasteiger partial charge < -0.3 is 10.2 Å². The highest BCUT2D eigenvalue weighted by Gasteiger charge is 2.36. The van der Waals surface area contributed by atoms with Crippen LogP contribution in [0, 0.1) is 11.8 Å². The third-order valence-corrected chi connectivity index (χ3v) is 5.10. The Balaban J connectivity index is 1.38. The zero-order valence-electron chi connectivity index (χ0n) is 14.5. The first-order chi connectivity index (χ1) is 12.3. The fourth-order valence-electron chi connectivity index (χ4n) is 3.29. The zero-order chi connectivity index (χ0) is 18.7. The van der Waals surface area contributed by atoms with Gasteiger partial charge in [0.15, 0.2) is 0 Å². The normalized spacial score (nSPS) is 18.7. The minimum Gasteiger partial charge on any atom is -0.356 e. The van der Waals surface area contributed by atoms with Gasteiger partial charge in [0.05, 0.1) is 5.56 Å². The molecule has 4 nitrogen and oxygen atoms in total. The molecule has 0 aromatic heterocycles. The summed E-state index contributed by atoms with van der Waals surface area (Å²) >= 11 is 0. The maximum atomic E-state index is 12.5. The van der Waals surface area contributed by atoms with Gasteiger partial charge in [0.2, 0.25) is 11.8 Å². The van der Waals surface area contributed by atoms with Gasteiger partial charge in [-0.25, -0.2) is 0 Å². The van der Waals surface area contributed by atoms with Crippen LogP contribution in [0.1, 0.15) is 36.8 Å². The van der Waals surface area contributed by atoms with E-state index in [4.69, 9.17) is 0 Å². The Bertz CT molecular complexity index is 646. The van der Waals surface area contributed by atoms with Gasteiger partial charge in [-0.15, -0.1) is 0 Å². The van der Waals surface area contributed by atoms with Crippen LogP contribution in [-0.2, 0) is 22.2 Å². The molecule has 2 amide bonds. The Morgan fingerprint density at radius 3 is 2.15 bits per heavy atom. The molecule has 0 radical (unpaired) electrons. The first-order valence-corrected chi connectivity index (χ1v) is 9.07. The van der Waals surface area contributed by atoms with Crippen LogP contribution in [0.4, 0.5) is 13.2 Å². The standard InChI is InChI=1S/C19H23F3N2O2/c20-19(21,22)16-5-1-13(2-6-16)7-10-23-17(25)14-8-11-24(12-9-14)18(26)15-3-4-15/h1-2,5-6,14-15H,3-4,7-12H2,(H,23,25). The fraction of sp³-hybridized carbons (Fsp3) is 0.579. The summed E-state index contributed by atoms with van der Waals surface area (Å²) in [5.74, 6) is 0.316. The molecule has 1 heterocycles. The molecule has 0 bridgehead atoms. The van der Waals surface area contributed by atoms with Gasteiger partial charge >= 0.3 is 6.18 Å². The molecule has 0 spiro atoms. The minimum atomic E-state index is -4.33. The lowest BCUT2D eigenvalue weighted by atomic mass is 9.95. The Kier molecular flexibility index (Phi) is 5.53. The van der Waals surface area contributed by atoms with Gasteiger partial charge in [-0.05, 0) is 49.8 Å². The SMILES string of the molecule is O=C(NCCc1ccc(C(F)(F)F)cc1)C1CCN(C(=O)C2CC2)CC1. The third kappa shape index (κ3) is 4.77. The van der Waals surface area contributed by atoms with E-state index in [9.17, 15) is 22.8 Å². The molecule has 2 aliphatic rings. The van der Waals surface area contributed by atoms with Crippen LogP contribution in [0.25, 0.3) is 0 Å². The molecule has 3 rings (SSSR count). The minimum absolute atomic E-state index is 0.0320. The van der Waals surface area contributed by atoms with Crippen molar-refractivity contribution in [3.63, 3.8) is 0 Å². The van der Waals surface area contributed by atoms with E-state index >= 15 is 0 Å². The third-order valence-electron chi connectivity index (χ3n) is 5.10. The van der Waals surface area contributed by atoms with E-state index in [1.165, 1.54) is 12.1 Å². The van der Waals surface area contributed by atoms with Crippen LogP contribution in [-0.4, -0.2) is 36.3 Å². The number of nitrogens with one attached hydrogen (secondary N) is 1. The lowest BCUT2D eigenvalue weighted by molar-refractivity contribution is -0.137. The second-order valence-corrected chi connectivity index (χ2v) is 7.11. The van der Waals surface area contributed by atoms with E-state index in [1.54, 1.807) is 0 Å². The van der Waals surface area contributed by atoms with E-state index in [-0.39, 0.29) is 23.7 Å². The molecule has 1 saturated heterocycles. The van der Waals surface area contributed by atoms with E-state index < -0.39 is 11.7 Å². The number of piperidine rings is 1. The number of hydrogen-bond acceptors (Lipinski definition) is 2. The molecule has 0 unspecified atom stereocenters. The number of nitrogens with zero attached hydrogens (tertiary/aromatic N) is 1. The Hall–Kier alpha value is -2.05. The number of amides is 2. The summed E-state index contributed by atoms with van der Waals surface area (Å²) in [6.07, 6.45) is -0.521. The van der Waals surface area contributed by atoms with Gasteiger partial charge in [0, 0.05) is 31.5 Å². The van der Waals surface area contributed by atoms with Crippen LogP contribution in [0.15, 0.2) is 24.3 Å². The smallest absolute Gasteiger partial charge is 0.356 e. The highest BCUT2D eigenvalue weighted by atomic mass is 19.4. The lowest BCUT2D eigenvalue weighted by Gasteiger charge is -2.31. The summed E-state index contributed by atoms with van der Waals surface area (Å²) in [6.45, 7) is 1.66. The zero-order valence-corrected chi connectivity index (χ0v) is 14.5. The van der Waals surface area contributed by atoms with Crippen LogP contribution in [0.3, 0.4) is 0 Å². The molecule has 1 saturated carbocycles. The van der Waals surface area contributed by atoms with Crippen molar-refractivity contribution in [2.24, 2.45) is 11.8 Å². The predicted octanol–water partition coefficient (Wildman–Crippen LogP) is 3.01. The summed E-state index contributed by atoms with van der Waals surface area (Å²) in [7, 11) is 0. The van der Waals surface area contributed by atoms with Gasteiger partial charge in [0.1, 0.15) is 0 Å². The van der Waals surface area contributed by atoms with Crippen LogP contribution < -0.4 is 5.32 Å². The van der Waals surface area contributed by atoms with Gasteiger partial charge in [0.25, 0.3) is 0 Å². The van der Waals surface area contributed by atoms with Crippen molar-refractivity contribution in [2.45, 2.75) is 38.3 Å². The monoisotopic (exact) mass is 368 g/mol. The van der Waals surface area contributed by atoms with Gasteiger partial charge in [-0.1, -0.05) is 12.1 Å². The summed E-state index contributed by atoms with van der Waals surface area (Å²) in [5, 5.41) is 2.86. The van der Waals surface area contributed by atoms with E-state index in [0.717, 1.165) is 30.5 Å². The van der Waals surface area contributed by atoms with Crippen LogP contribution in [0.5, 0.6) is 0 Å². The molecule has 1 N–H and O–H groups in total. The molecular formula is C19H23F3N2O2. The largest absolute Gasteiger partial charge is 0.416 e. The first-order valence-electron chi connectivity index (χ1n) is 9.07. The van der Waals surface area contributed by atoms with Gasteiger partial charge in [-0.3, -0.25) is 9.59 Å². The molecule has 1 aromatic carbocycles. The second-order valence-electron chi connectivity index (χ2n) is 7.11. The number of benzene rings is 1. The number of likely N-dealkylation sites (tertiary alicyclic amines) is 1. The number of halogens is 3. The van der Waals surface area contributed by atoms with Crippen molar-refractivity contribution in [3.05, 3.63) is 35.4 Å². The van der Waals surface area contributed by atoms with Crippen LogP contribution in [0.2, 0.25) is 0 Å². The van der Waals surface area contributed by atoms with E-state index in [2.05, 4.69) is 5.32 Å². The number of carbonyl (C=O) groups is 2. The van der Waals surface area contributed by atoms with E-state index in [0.29, 0.717) is 38.9 Å². The van der Waals surface area contributed by atoms with Crippen molar-refractivity contribution in [1.82, 2.24) is 10.2 Å². The van der Waals surface area contributed by atoms with Crippen molar-refractivity contribution in [2.75, 3.05) is 19.6 Å². The fourth-order valence-corrected chi connectivity index (χ4v) is 3.29. The van der Waals surface area contributed by atoms with Crippen molar-refractivity contribution in [1.29, 1.82) is 0 Å². The molecule has 26 heavy (non-hydrogen) atoms. The Labute approximate surface area is 150 Å². The predicted molar refractivity (Wildman–Crippen MR) is 90.2 cm³/mol. The molecule has 1 aliphatic carbocycles. The maximum Gasteiger partial charge on any atom is 0.416 e. The average molecular weight is 368 g/mol. The van der Waals surface area contributed by atoms with Gasteiger partial charge in [-0.2, -0.15) is 13.2 Å². The Morgan fingerprint density at radius 2 is 1.62 bits per heavy atom. The number of rotatable bonds is 5. The first kappa shape index (κ1) is 18.7. The summed E-state index contributed by atoms with van der Waals surface area (Å²) in [5.41, 5.74) is 0.0842. The molecule has 0 atom stereocenters. The van der Waals surface area contributed by atoms with Crippen molar-refractivity contribution < 1.29 is 22.8 Å². The lowest BCUT2D eigenvalue weighted by Crippen LogP contribution is -2.43. The molecule has 1 aliphatic heterocycles. The molecule has 2 fully saturated rings. The highest BCUT2D eigenvalue weighted by molar-refractivity contribution is 5.82. The summed E-state index contributed by atoms with van der Waals surface area (Å²) in [6, 6.07) is 5.00. The summed E-state index contributed by atoms with van der Waals surface area (Å²) < 4.78 is 37.6. The average Bonchev–Trinajstić information content (AvgIpc) is 3.46. The molecule has 1 aromatic rings. The molecule has 142 valence electrons. The van der Waals surface area contributed by atoms with E-state index in [1.807, 2.05) is 4.90 Å². The molecular weight excluding hydrogens is 345 g/mol. The van der Waals surface area contributed by atoms with Crippen molar-refractivity contribution in [3.8, 4) is 0 Å².